The van der Waals surface area contributed by atoms with Crippen LogP contribution in [0.5, 0.6) is 0 Å². The Morgan fingerprint density at radius 3 is 2.89 bits per heavy atom. The first-order chi connectivity index (χ1) is 9.15. The lowest BCUT2D eigenvalue weighted by Gasteiger charge is -2.20. The maximum Gasteiger partial charge on any atom is 0.287 e. The molecule has 0 radical (unpaired) electrons. The van der Waals surface area contributed by atoms with Crippen molar-refractivity contribution in [1.29, 1.82) is 0 Å². The average Bonchev–Trinajstić information content (AvgIpc) is 2.84. The molecule has 3 N–H and O–H groups in total. The molecule has 1 aromatic heterocycles. The third-order valence-electron chi connectivity index (χ3n) is 3.00. The van der Waals surface area contributed by atoms with Gasteiger partial charge in [0, 0.05) is 11.3 Å². The van der Waals surface area contributed by atoms with Gasteiger partial charge in [-0.15, -0.1) is 0 Å². The number of rotatable bonds is 5. The molecule has 0 spiro atoms. The normalized spacial score (nSPS) is 14.3. The van der Waals surface area contributed by atoms with Gasteiger partial charge in [0.15, 0.2) is 5.82 Å². The Morgan fingerprint density at radius 1 is 1.53 bits per heavy atom. The maximum atomic E-state index is 12.1. The highest BCUT2D eigenvalue weighted by Gasteiger charge is 2.19. The molecule has 1 amide bonds. The van der Waals surface area contributed by atoms with Gasteiger partial charge in [-0.2, -0.15) is 11.8 Å². The first kappa shape index (κ1) is 13.9. The first-order valence-corrected chi connectivity index (χ1v) is 7.33. The highest BCUT2D eigenvalue weighted by molar-refractivity contribution is 7.99. The minimum Gasteiger partial charge on any atom is -0.395 e. The lowest BCUT2D eigenvalue weighted by molar-refractivity contribution is 0.0926. The number of aromatic amines is 1. The summed E-state index contributed by atoms with van der Waals surface area (Å²) in [6.45, 7) is 1.90. The van der Waals surface area contributed by atoms with Crippen molar-refractivity contribution in [2.45, 2.75) is 18.2 Å². The number of hydrogen-bond donors (Lipinski definition) is 3. The summed E-state index contributed by atoms with van der Waals surface area (Å²) in [7, 11) is 0. The summed E-state index contributed by atoms with van der Waals surface area (Å²) < 4.78 is 0. The van der Waals surface area contributed by atoms with Crippen molar-refractivity contribution in [1.82, 2.24) is 15.3 Å². The number of nitrogens with one attached hydrogen (secondary N) is 2. The lowest BCUT2D eigenvalue weighted by Crippen LogP contribution is -2.41. The Labute approximate surface area is 115 Å². The summed E-state index contributed by atoms with van der Waals surface area (Å²) >= 11 is 1.52. The Kier molecular flexibility index (Phi) is 4.44. The molecule has 0 saturated carbocycles. The van der Waals surface area contributed by atoms with Gasteiger partial charge in [-0.3, -0.25) is 4.79 Å². The minimum absolute atomic E-state index is 0.0201. The Morgan fingerprint density at radius 2 is 2.26 bits per heavy atom. The second kappa shape index (κ2) is 6.08. The van der Waals surface area contributed by atoms with Gasteiger partial charge in [0.05, 0.1) is 17.6 Å². The van der Waals surface area contributed by atoms with E-state index < -0.39 is 0 Å². The molecule has 0 bridgehead atoms. The topological polar surface area (TPSA) is 78.0 Å². The van der Waals surface area contributed by atoms with Gasteiger partial charge in [0.1, 0.15) is 0 Å². The monoisotopic (exact) mass is 279 g/mol. The Hall–Kier alpha value is -1.53. The summed E-state index contributed by atoms with van der Waals surface area (Å²) in [6, 6.07) is 7.37. The van der Waals surface area contributed by atoms with Crippen LogP contribution in [0.15, 0.2) is 24.3 Å². The van der Waals surface area contributed by atoms with E-state index in [2.05, 4.69) is 15.3 Å². The van der Waals surface area contributed by atoms with Gasteiger partial charge in [-0.05, 0) is 25.3 Å². The van der Waals surface area contributed by atoms with Crippen LogP contribution in [-0.4, -0.2) is 45.1 Å². The van der Waals surface area contributed by atoms with E-state index >= 15 is 0 Å². The van der Waals surface area contributed by atoms with Crippen LogP contribution in [0.2, 0.25) is 0 Å². The van der Waals surface area contributed by atoms with E-state index in [1.165, 1.54) is 11.8 Å². The molecule has 0 aliphatic carbocycles. The van der Waals surface area contributed by atoms with Crippen molar-refractivity contribution in [2.24, 2.45) is 0 Å². The standard InChI is InChI=1S/C13H17N3O2S/c1-8(11(7-17)19-2)14-13(18)12-15-9-5-3-4-6-10(9)16-12/h3-6,8,11,17H,7H2,1-2H3,(H,14,18)(H,15,16)/t8-,11-/m1/s1. The quantitative estimate of drug-likeness (QED) is 0.773. The highest BCUT2D eigenvalue weighted by Crippen LogP contribution is 2.12. The molecule has 102 valence electrons. The lowest BCUT2D eigenvalue weighted by atomic mass is 10.2. The second-order valence-corrected chi connectivity index (χ2v) is 5.40. The summed E-state index contributed by atoms with van der Waals surface area (Å²) in [4.78, 5) is 19.3. The van der Waals surface area contributed by atoms with E-state index in [1.807, 2.05) is 37.4 Å². The molecule has 5 nitrogen and oxygen atoms in total. The molecular formula is C13H17N3O2S. The smallest absolute Gasteiger partial charge is 0.287 e. The van der Waals surface area contributed by atoms with Crippen molar-refractivity contribution >= 4 is 28.7 Å². The predicted molar refractivity (Wildman–Crippen MR) is 77.4 cm³/mol. The Bertz CT molecular complexity index is 533. The molecule has 0 fully saturated rings. The summed E-state index contributed by atoms with van der Waals surface area (Å²) in [5, 5.41) is 12.0. The number of nitrogens with zero attached hydrogens (tertiary/aromatic N) is 1. The number of imidazole rings is 1. The number of thioether (sulfide) groups is 1. The molecule has 2 aromatic rings. The molecule has 6 heteroatoms. The molecule has 19 heavy (non-hydrogen) atoms. The van der Waals surface area contributed by atoms with Gasteiger partial charge in [-0.25, -0.2) is 4.98 Å². The van der Waals surface area contributed by atoms with E-state index in [9.17, 15) is 9.90 Å². The van der Waals surface area contributed by atoms with Crippen molar-refractivity contribution in [3.05, 3.63) is 30.1 Å². The van der Waals surface area contributed by atoms with Crippen molar-refractivity contribution < 1.29 is 9.90 Å². The fourth-order valence-corrected chi connectivity index (χ4v) is 2.49. The number of benzene rings is 1. The number of hydrogen-bond acceptors (Lipinski definition) is 4. The SMILES string of the molecule is CS[C@H](CO)[C@@H](C)NC(=O)c1nc2ccccc2[nH]1. The molecular weight excluding hydrogens is 262 g/mol. The van der Waals surface area contributed by atoms with Crippen molar-refractivity contribution in [3.8, 4) is 0 Å². The van der Waals surface area contributed by atoms with Gasteiger partial charge in [-0.1, -0.05) is 12.1 Å². The van der Waals surface area contributed by atoms with E-state index in [4.69, 9.17) is 0 Å². The third-order valence-corrected chi connectivity index (χ3v) is 4.17. The van der Waals surface area contributed by atoms with Gasteiger partial charge < -0.3 is 15.4 Å². The van der Waals surface area contributed by atoms with E-state index in [1.54, 1.807) is 0 Å². The van der Waals surface area contributed by atoms with Crippen LogP contribution in [0.3, 0.4) is 0 Å². The first-order valence-electron chi connectivity index (χ1n) is 6.05. The molecule has 2 atom stereocenters. The summed E-state index contributed by atoms with van der Waals surface area (Å²) in [5.74, 6) is 0.0436. The third kappa shape index (κ3) is 3.08. The summed E-state index contributed by atoms with van der Waals surface area (Å²) in [5.41, 5.74) is 1.60. The number of aromatic nitrogens is 2. The zero-order valence-corrected chi connectivity index (χ0v) is 11.7. The maximum absolute atomic E-state index is 12.1. The molecule has 1 aromatic carbocycles. The van der Waals surface area contributed by atoms with Crippen LogP contribution in [-0.2, 0) is 0 Å². The predicted octanol–water partition coefficient (Wildman–Crippen LogP) is 1.41. The molecule has 0 unspecified atom stereocenters. The molecule has 0 aliphatic heterocycles. The number of carbonyl (C=O) groups excluding carboxylic acids is 1. The highest BCUT2D eigenvalue weighted by atomic mass is 32.2. The van der Waals surface area contributed by atoms with E-state index in [0.717, 1.165) is 11.0 Å². The Balaban J connectivity index is 2.11. The number of amides is 1. The van der Waals surface area contributed by atoms with Crippen molar-refractivity contribution in [3.63, 3.8) is 0 Å². The molecule has 0 saturated heterocycles. The summed E-state index contributed by atoms with van der Waals surface area (Å²) in [6.07, 6.45) is 1.91. The van der Waals surface area contributed by atoms with E-state index in [0.29, 0.717) is 5.82 Å². The number of aliphatic hydroxyl groups is 1. The number of aliphatic hydroxyl groups excluding tert-OH is 1. The largest absolute Gasteiger partial charge is 0.395 e. The van der Waals surface area contributed by atoms with Crippen LogP contribution in [0, 0.1) is 0 Å². The van der Waals surface area contributed by atoms with E-state index in [-0.39, 0.29) is 23.8 Å². The molecule has 2 rings (SSSR count). The average molecular weight is 279 g/mol. The van der Waals surface area contributed by atoms with Crippen LogP contribution in [0.4, 0.5) is 0 Å². The zero-order chi connectivity index (χ0) is 13.8. The number of para-hydroxylation sites is 2. The van der Waals surface area contributed by atoms with Crippen LogP contribution >= 0.6 is 11.8 Å². The number of carbonyl (C=O) groups is 1. The van der Waals surface area contributed by atoms with Crippen LogP contribution in [0.25, 0.3) is 11.0 Å². The van der Waals surface area contributed by atoms with Crippen LogP contribution < -0.4 is 5.32 Å². The molecule has 0 aliphatic rings. The number of fused-ring (bicyclic) bond motifs is 1. The minimum atomic E-state index is -0.254. The zero-order valence-electron chi connectivity index (χ0n) is 10.9. The van der Waals surface area contributed by atoms with Crippen molar-refractivity contribution in [2.75, 3.05) is 12.9 Å². The van der Waals surface area contributed by atoms with Gasteiger partial charge >= 0.3 is 0 Å². The number of H-pyrrole nitrogens is 1. The van der Waals surface area contributed by atoms with Gasteiger partial charge in [0.25, 0.3) is 5.91 Å². The van der Waals surface area contributed by atoms with Crippen LogP contribution in [0.1, 0.15) is 17.5 Å². The van der Waals surface area contributed by atoms with Gasteiger partial charge in [0.2, 0.25) is 0 Å². The molecule has 1 heterocycles. The fraction of sp³-hybridized carbons (Fsp3) is 0.385. The second-order valence-electron chi connectivity index (χ2n) is 4.32. The fourth-order valence-electron chi connectivity index (χ4n) is 1.87.